The molecule has 2 N–H and O–H groups in total. The molecule has 0 aromatic heterocycles. The first kappa shape index (κ1) is 17.2. The summed E-state index contributed by atoms with van der Waals surface area (Å²) in [5, 5.41) is 0. The maximum atomic E-state index is 6.49. The summed E-state index contributed by atoms with van der Waals surface area (Å²) in [6.07, 6.45) is 6.45. The van der Waals surface area contributed by atoms with Crippen molar-refractivity contribution < 1.29 is 0 Å². The Bertz CT molecular complexity index is 540. The summed E-state index contributed by atoms with van der Waals surface area (Å²) in [4.78, 5) is 2.58. The summed E-state index contributed by atoms with van der Waals surface area (Å²) in [5.41, 5.74) is 9.26. The molecule has 1 aliphatic carbocycles. The minimum absolute atomic E-state index is 0.363. The second-order valence-electron chi connectivity index (χ2n) is 7.20. The predicted octanol–water partition coefficient (Wildman–Crippen LogP) is 4.60. The Morgan fingerprint density at radius 2 is 1.29 bits per heavy atom. The van der Waals surface area contributed by atoms with Crippen molar-refractivity contribution in [3.8, 4) is 0 Å². The Morgan fingerprint density at radius 1 is 0.750 bits per heavy atom. The molecular formula is C22H30N2. The molecule has 2 aromatic carbocycles. The zero-order valence-electron chi connectivity index (χ0n) is 14.6. The highest BCUT2D eigenvalue weighted by atomic mass is 15.1. The van der Waals surface area contributed by atoms with Crippen molar-refractivity contribution in [2.75, 3.05) is 6.54 Å². The average Bonchev–Trinajstić information content (AvgIpc) is 2.81. The standard InChI is InChI=1S/C22H30N2/c23-22-15-9-3-8-14-21(22)18-24(16-19-10-4-1-5-11-19)17-20-12-6-2-7-13-20/h1-2,4-7,10-13,21-22H,3,8-9,14-18,23H2. The van der Waals surface area contributed by atoms with Crippen molar-refractivity contribution in [2.24, 2.45) is 11.7 Å². The molecule has 2 nitrogen and oxygen atoms in total. The Balaban J connectivity index is 1.70. The molecule has 0 spiro atoms. The quantitative estimate of drug-likeness (QED) is 0.788. The Morgan fingerprint density at radius 3 is 1.88 bits per heavy atom. The third kappa shape index (κ3) is 5.19. The molecule has 0 saturated heterocycles. The number of rotatable bonds is 6. The normalized spacial score (nSPS) is 21.6. The molecule has 0 bridgehead atoms. The van der Waals surface area contributed by atoms with Gasteiger partial charge in [-0.25, -0.2) is 0 Å². The second kappa shape index (κ2) is 9.00. The Hall–Kier alpha value is -1.64. The zero-order chi connectivity index (χ0) is 16.6. The van der Waals surface area contributed by atoms with E-state index < -0.39 is 0 Å². The van der Waals surface area contributed by atoms with Crippen LogP contribution >= 0.6 is 0 Å². The van der Waals surface area contributed by atoms with Gasteiger partial charge < -0.3 is 5.73 Å². The molecule has 2 unspecified atom stereocenters. The lowest BCUT2D eigenvalue weighted by molar-refractivity contribution is 0.192. The van der Waals surface area contributed by atoms with Gasteiger partial charge in [0.1, 0.15) is 0 Å². The third-order valence-corrected chi connectivity index (χ3v) is 5.21. The fourth-order valence-corrected chi connectivity index (χ4v) is 3.84. The molecule has 0 amide bonds. The minimum Gasteiger partial charge on any atom is -0.327 e. The Kier molecular flexibility index (Phi) is 6.45. The molecule has 2 aromatic rings. The van der Waals surface area contributed by atoms with Crippen LogP contribution in [-0.4, -0.2) is 17.5 Å². The zero-order valence-corrected chi connectivity index (χ0v) is 14.6. The van der Waals surface area contributed by atoms with Crippen LogP contribution < -0.4 is 5.73 Å². The van der Waals surface area contributed by atoms with E-state index in [1.807, 2.05) is 0 Å². The lowest BCUT2D eigenvalue weighted by atomic mass is 9.94. The van der Waals surface area contributed by atoms with Crippen LogP contribution in [0.3, 0.4) is 0 Å². The first-order chi connectivity index (χ1) is 11.8. The van der Waals surface area contributed by atoms with Crippen molar-refractivity contribution >= 4 is 0 Å². The number of hydrogen-bond acceptors (Lipinski definition) is 2. The van der Waals surface area contributed by atoms with Crippen molar-refractivity contribution in [2.45, 2.75) is 51.2 Å². The molecule has 3 rings (SSSR count). The van der Waals surface area contributed by atoms with Crippen LogP contribution in [-0.2, 0) is 13.1 Å². The fourth-order valence-electron chi connectivity index (χ4n) is 3.84. The van der Waals surface area contributed by atoms with Gasteiger partial charge in [0.15, 0.2) is 0 Å². The smallest absolute Gasteiger partial charge is 0.0237 e. The van der Waals surface area contributed by atoms with E-state index in [4.69, 9.17) is 5.73 Å². The van der Waals surface area contributed by atoms with E-state index in [-0.39, 0.29) is 0 Å². The Labute approximate surface area is 146 Å². The highest BCUT2D eigenvalue weighted by Gasteiger charge is 2.23. The maximum absolute atomic E-state index is 6.49. The summed E-state index contributed by atoms with van der Waals surface area (Å²) < 4.78 is 0. The largest absolute Gasteiger partial charge is 0.327 e. The summed E-state index contributed by atoms with van der Waals surface area (Å²) >= 11 is 0. The van der Waals surface area contributed by atoms with Crippen LogP contribution in [0.15, 0.2) is 60.7 Å². The van der Waals surface area contributed by atoms with Crippen LogP contribution in [0.2, 0.25) is 0 Å². The van der Waals surface area contributed by atoms with Crippen LogP contribution in [0.1, 0.15) is 43.2 Å². The molecule has 128 valence electrons. The molecule has 1 aliphatic rings. The van der Waals surface area contributed by atoms with E-state index in [2.05, 4.69) is 65.6 Å². The van der Waals surface area contributed by atoms with Gasteiger partial charge in [-0.2, -0.15) is 0 Å². The lowest BCUT2D eigenvalue weighted by Gasteiger charge is -2.30. The van der Waals surface area contributed by atoms with Crippen LogP contribution in [0.5, 0.6) is 0 Å². The second-order valence-corrected chi connectivity index (χ2v) is 7.20. The summed E-state index contributed by atoms with van der Waals surface area (Å²) in [6.45, 7) is 3.10. The van der Waals surface area contributed by atoms with Crippen molar-refractivity contribution in [1.29, 1.82) is 0 Å². The van der Waals surface area contributed by atoms with Gasteiger partial charge in [-0.15, -0.1) is 0 Å². The molecule has 2 atom stereocenters. The van der Waals surface area contributed by atoms with E-state index in [1.165, 1.54) is 43.2 Å². The molecule has 0 heterocycles. The van der Waals surface area contributed by atoms with Crippen LogP contribution in [0, 0.1) is 5.92 Å². The predicted molar refractivity (Wildman–Crippen MR) is 102 cm³/mol. The van der Waals surface area contributed by atoms with E-state index in [0.29, 0.717) is 12.0 Å². The number of hydrogen-bond donors (Lipinski definition) is 1. The first-order valence-corrected chi connectivity index (χ1v) is 9.37. The van der Waals surface area contributed by atoms with Gasteiger partial charge in [0, 0.05) is 25.7 Å². The highest BCUT2D eigenvalue weighted by molar-refractivity contribution is 5.17. The number of nitrogens with zero attached hydrogens (tertiary/aromatic N) is 1. The van der Waals surface area contributed by atoms with E-state index in [0.717, 1.165) is 19.6 Å². The average molecular weight is 322 g/mol. The van der Waals surface area contributed by atoms with Gasteiger partial charge >= 0.3 is 0 Å². The van der Waals surface area contributed by atoms with Gasteiger partial charge in [0.25, 0.3) is 0 Å². The monoisotopic (exact) mass is 322 g/mol. The fraction of sp³-hybridized carbons (Fsp3) is 0.455. The molecule has 1 saturated carbocycles. The van der Waals surface area contributed by atoms with Crippen molar-refractivity contribution in [3.05, 3.63) is 71.8 Å². The third-order valence-electron chi connectivity index (χ3n) is 5.21. The van der Waals surface area contributed by atoms with E-state index in [1.54, 1.807) is 0 Å². The summed E-state index contributed by atoms with van der Waals surface area (Å²) in [7, 11) is 0. The van der Waals surface area contributed by atoms with Crippen LogP contribution in [0.25, 0.3) is 0 Å². The first-order valence-electron chi connectivity index (χ1n) is 9.37. The number of benzene rings is 2. The summed E-state index contributed by atoms with van der Waals surface area (Å²) in [5.74, 6) is 0.625. The van der Waals surface area contributed by atoms with Gasteiger partial charge in [-0.3, -0.25) is 4.90 Å². The maximum Gasteiger partial charge on any atom is 0.0237 e. The van der Waals surface area contributed by atoms with E-state index >= 15 is 0 Å². The molecule has 0 radical (unpaired) electrons. The van der Waals surface area contributed by atoms with Crippen LogP contribution in [0.4, 0.5) is 0 Å². The SMILES string of the molecule is NC1CCCCCC1CN(Cc1ccccc1)Cc1ccccc1. The molecular weight excluding hydrogens is 292 g/mol. The topological polar surface area (TPSA) is 29.3 Å². The highest BCUT2D eigenvalue weighted by Crippen LogP contribution is 2.24. The molecule has 2 heteroatoms. The van der Waals surface area contributed by atoms with Gasteiger partial charge in [-0.05, 0) is 29.9 Å². The van der Waals surface area contributed by atoms with Gasteiger partial charge in [0.05, 0.1) is 0 Å². The lowest BCUT2D eigenvalue weighted by Crippen LogP contribution is -2.38. The van der Waals surface area contributed by atoms with Crippen molar-refractivity contribution in [3.63, 3.8) is 0 Å². The minimum atomic E-state index is 0.363. The van der Waals surface area contributed by atoms with Gasteiger partial charge in [-0.1, -0.05) is 79.9 Å². The molecule has 24 heavy (non-hydrogen) atoms. The number of nitrogens with two attached hydrogens (primary N) is 1. The molecule has 0 aliphatic heterocycles. The van der Waals surface area contributed by atoms with Gasteiger partial charge in [0.2, 0.25) is 0 Å². The molecule has 1 fully saturated rings. The van der Waals surface area contributed by atoms with E-state index in [9.17, 15) is 0 Å². The van der Waals surface area contributed by atoms with Crippen molar-refractivity contribution in [1.82, 2.24) is 4.90 Å². The summed E-state index contributed by atoms with van der Waals surface area (Å²) in [6, 6.07) is 22.0.